The summed E-state index contributed by atoms with van der Waals surface area (Å²) in [4.78, 5) is 8.08. The highest BCUT2D eigenvalue weighted by Crippen LogP contribution is 2.26. The standard InChI is InChI=1S/C17H12ClN.C12H11BO2.C5H3Cl2N/c18-16-9-10-19-17(12-16)15-8-4-7-14(11-15)13-5-2-1-3-6-13;14-13(15)12-8-4-7-11(9-12)10-5-2-1-3-6-10;6-4-1-2-8-5(7)3-4/h1-12H;1-9,14-15H;1-3H. The Labute approximate surface area is 261 Å². The fourth-order valence-electron chi connectivity index (χ4n) is 3.94. The van der Waals surface area contributed by atoms with Crippen LogP contribution in [0.1, 0.15) is 0 Å². The van der Waals surface area contributed by atoms with Gasteiger partial charge in [-0.2, -0.15) is 0 Å². The second kappa shape index (κ2) is 15.9. The van der Waals surface area contributed by atoms with E-state index in [-0.39, 0.29) is 0 Å². The average Bonchev–Trinajstić information content (AvgIpc) is 3.03. The number of halogens is 3. The molecular formula is C34H26BCl3N2O2. The second-order valence-electron chi connectivity index (χ2n) is 8.97. The van der Waals surface area contributed by atoms with Crippen LogP contribution < -0.4 is 5.46 Å². The summed E-state index contributed by atoms with van der Waals surface area (Å²) in [7, 11) is -1.41. The van der Waals surface area contributed by atoms with Crippen molar-refractivity contribution in [3.05, 3.63) is 161 Å². The van der Waals surface area contributed by atoms with Crippen molar-refractivity contribution < 1.29 is 10.0 Å². The van der Waals surface area contributed by atoms with Crippen LogP contribution in [0.4, 0.5) is 0 Å². The molecule has 0 aliphatic carbocycles. The Bertz CT molecular complexity index is 1690. The lowest BCUT2D eigenvalue weighted by Gasteiger charge is -2.05. The highest BCUT2D eigenvalue weighted by atomic mass is 35.5. The lowest BCUT2D eigenvalue weighted by atomic mass is 9.79. The summed E-state index contributed by atoms with van der Waals surface area (Å²) in [5.74, 6) is 0. The minimum atomic E-state index is -1.41. The van der Waals surface area contributed by atoms with E-state index in [2.05, 4.69) is 34.2 Å². The van der Waals surface area contributed by atoms with Crippen LogP contribution in [-0.4, -0.2) is 27.1 Å². The molecule has 8 heteroatoms. The van der Waals surface area contributed by atoms with E-state index < -0.39 is 7.12 Å². The van der Waals surface area contributed by atoms with E-state index >= 15 is 0 Å². The van der Waals surface area contributed by atoms with Crippen LogP contribution in [0, 0.1) is 0 Å². The maximum atomic E-state index is 9.05. The summed E-state index contributed by atoms with van der Waals surface area (Å²) in [5.41, 5.74) is 6.91. The molecule has 0 radical (unpaired) electrons. The van der Waals surface area contributed by atoms with Crippen LogP contribution in [0.5, 0.6) is 0 Å². The average molecular weight is 612 g/mol. The van der Waals surface area contributed by atoms with E-state index in [4.69, 9.17) is 44.9 Å². The van der Waals surface area contributed by atoms with E-state index in [0.717, 1.165) is 22.4 Å². The zero-order valence-corrected chi connectivity index (χ0v) is 24.6. The van der Waals surface area contributed by atoms with Crippen LogP contribution in [0.2, 0.25) is 15.2 Å². The number of aromatic nitrogens is 2. The first kappa shape index (κ1) is 31.0. The van der Waals surface area contributed by atoms with E-state index in [1.807, 2.05) is 78.9 Å². The van der Waals surface area contributed by atoms with E-state index in [1.165, 1.54) is 11.1 Å². The number of hydrogen-bond donors (Lipinski definition) is 2. The third-order valence-corrected chi connectivity index (χ3v) is 6.64. The van der Waals surface area contributed by atoms with E-state index in [1.54, 1.807) is 42.7 Å². The fraction of sp³-hybridized carbons (Fsp3) is 0. The Morgan fingerprint density at radius 3 is 1.48 bits per heavy atom. The molecule has 6 rings (SSSR count). The predicted octanol–water partition coefficient (Wildman–Crippen LogP) is 8.49. The normalized spacial score (nSPS) is 10.0. The third-order valence-electron chi connectivity index (χ3n) is 5.97. The van der Waals surface area contributed by atoms with Crippen molar-refractivity contribution in [1.82, 2.24) is 9.97 Å². The van der Waals surface area contributed by atoms with Crippen LogP contribution in [0.25, 0.3) is 33.5 Å². The maximum Gasteiger partial charge on any atom is 0.488 e. The summed E-state index contributed by atoms with van der Waals surface area (Å²) in [6.07, 6.45) is 3.29. The molecule has 2 N–H and O–H groups in total. The van der Waals surface area contributed by atoms with E-state index in [0.29, 0.717) is 20.7 Å². The molecule has 0 saturated heterocycles. The largest absolute Gasteiger partial charge is 0.488 e. The molecule has 0 amide bonds. The van der Waals surface area contributed by atoms with Gasteiger partial charge in [-0.15, -0.1) is 0 Å². The Balaban J connectivity index is 0.000000157. The molecule has 42 heavy (non-hydrogen) atoms. The van der Waals surface area contributed by atoms with Gasteiger partial charge in [0.1, 0.15) is 5.15 Å². The molecule has 0 fully saturated rings. The lowest BCUT2D eigenvalue weighted by molar-refractivity contribution is 0.426. The molecule has 0 aliphatic rings. The smallest absolute Gasteiger partial charge is 0.423 e. The molecule has 0 aliphatic heterocycles. The van der Waals surface area contributed by atoms with Crippen molar-refractivity contribution in [2.75, 3.05) is 0 Å². The van der Waals surface area contributed by atoms with Crippen molar-refractivity contribution >= 4 is 47.4 Å². The Hall–Kier alpha value is -3.97. The SMILES string of the molecule is Clc1ccnc(-c2cccc(-c3ccccc3)c2)c1.Clc1ccnc(Cl)c1.OB(O)c1cccc(-c2ccccc2)c1. The van der Waals surface area contributed by atoms with Crippen molar-refractivity contribution in [3.63, 3.8) is 0 Å². The molecular weight excluding hydrogens is 586 g/mol. The van der Waals surface area contributed by atoms with Crippen LogP contribution in [0.3, 0.4) is 0 Å². The van der Waals surface area contributed by atoms with E-state index in [9.17, 15) is 0 Å². The molecule has 208 valence electrons. The summed E-state index contributed by atoms with van der Waals surface area (Å²) in [5, 5.41) is 19.8. The summed E-state index contributed by atoms with van der Waals surface area (Å²) < 4.78 is 0. The Kier molecular flexibility index (Phi) is 11.7. The van der Waals surface area contributed by atoms with Gasteiger partial charge in [0.25, 0.3) is 0 Å². The molecule has 0 bridgehead atoms. The second-order valence-corrected chi connectivity index (χ2v) is 10.2. The van der Waals surface area contributed by atoms with Crippen LogP contribution in [-0.2, 0) is 0 Å². The number of pyridine rings is 2. The Morgan fingerprint density at radius 2 is 0.952 bits per heavy atom. The van der Waals surface area contributed by atoms with Gasteiger partial charge in [-0.25, -0.2) is 4.98 Å². The zero-order chi connectivity index (χ0) is 29.7. The van der Waals surface area contributed by atoms with Crippen LogP contribution >= 0.6 is 34.8 Å². The van der Waals surface area contributed by atoms with Gasteiger partial charge in [0, 0.05) is 28.0 Å². The molecule has 6 aromatic rings. The monoisotopic (exact) mass is 610 g/mol. The maximum absolute atomic E-state index is 9.05. The van der Waals surface area contributed by atoms with Gasteiger partial charge in [0.05, 0.1) is 5.69 Å². The highest BCUT2D eigenvalue weighted by Gasteiger charge is 2.10. The van der Waals surface area contributed by atoms with Gasteiger partial charge in [-0.1, -0.05) is 138 Å². The van der Waals surface area contributed by atoms with Gasteiger partial charge in [-0.05, 0) is 58.0 Å². The summed E-state index contributed by atoms with van der Waals surface area (Å²) >= 11 is 17.0. The van der Waals surface area contributed by atoms with Crippen molar-refractivity contribution in [3.8, 4) is 33.5 Å². The van der Waals surface area contributed by atoms with Gasteiger partial charge >= 0.3 is 7.12 Å². The van der Waals surface area contributed by atoms with Gasteiger partial charge < -0.3 is 10.0 Å². The van der Waals surface area contributed by atoms with Gasteiger partial charge in [0.15, 0.2) is 0 Å². The van der Waals surface area contributed by atoms with Crippen LogP contribution in [0.15, 0.2) is 146 Å². The summed E-state index contributed by atoms with van der Waals surface area (Å²) in [6.45, 7) is 0. The number of hydrogen-bond acceptors (Lipinski definition) is 4. The number of nitrogens with zero attached hydrogens (tertiary/aromatic N) is 2. The first-order chi connectivity index (χ1) is 20.4. The lowest BCUT2D eigenvalue weighted by Crippen LogP contribution is -2.29. The molecule has 0 unspecified atom stereocenters. The molecule has 4 aromatic carbocycles. The topological polar surface area (TPSA) is 66.2 Å². The number of rotatable bonds is 4. The zero-order valence-electron chi connectivity index (χ0n) is 22.4. The third kappa shape index (κ3) is 9.56. The minimum absolute atomic E-state index is 0.428. The molecule has 2 heterocycles. The Morgan fingerprint density at radius 1 is 0.452 bits per heavy atom. The molecule has 0 spiro atoms. The van der Waals surface area contributed by atoms with Crippen molar-refractivity contribution in [2.45, 2.75) is 0 Å². The van der Waals surface area contributed by atoms with Crippen molar-refractivity contribution in [1.29, 1.82) is 0 Å². The molecule has 0 atom stereocenters. The molecule has 2 aromatic heterocycles. The fourth-order valence-corrected chi connectivity index (χ4v) is 4.49. The number of benzene rings is 4. The van der Waals surface area contributed by atoms with Gasteiger partial charge in [-0.3, -0.25) is 4.98 Å². The molecule has 0 saturated carbocycles. The minimum Gasteiger partial charge on any atom is -0.423 e. The first-order valence-electron chi connectivity index (χ1n) is 12.9. The predicted molar refractivity (Wildman–Crippen MR) is 176 cm³/mol. The molecule has 4 nitrogen and oxygen atoms in total. The van der Waals surface area contributed by atoms with Crippen molar-refractivity contribution in [2.24, 2.45) is 0 Å². The summed E-state index contributed by atoms with van der Waals surface area (Å²) in [6, 6.07) is 42.6. The first-order valence-corrected chi connectivity index (χ1v) is 14.1. The van der Waals surface area contributed by atoms with Gasteiger partial charge in [0.2, 0.25) is 0 Å². The quantitative estimate of drug-likeness (QED) is 0.155. The highest BCUT2D eigenvalue weighted by molar-refractivity contribution is 6.58.